The Labute approximate surface area is 152 Å². The lowest BCUT2D eigenvalue weighted by Gasteiger charge is -2.13. The fraction of sp³-hybridized carbons (Fsp3) is 0.235. The standard InChI is InChI=1S/C17H15ClF3NO4/c1-24-14-8-15(25-2)13(7-12(14)18)22-16(23)9-26-11-5-3-10(4-6-11)17(19,20)21/h3-8H,9H2,1-2H3,(H,22,23). The maximum absolute atomic E-state index is 12.5. The Bertz CT molecular complexity index is 779. The van der Waals surface area contributed by atoms with Gasteiger partial charge in [-0.25, -0.2) is 0 Å². The molecule has 2 rings (SSSR count). The van der Waals surface area contributed by atoms with E-state index >= 15 is 0 Å². The molecule has 1 N–H and O–H groups in total. The largest absolute Gasteiger partial charge is 0.495 e. The van der Waals surface area contributed by atoms with Crippen LogP contribution in [0.5, 0.6) is 17.2 Å². The molecule has 1 amide bonds. The summed E-state index contributed by atoms with van der Waals surface area (Å²) >= 11 is 6.01. The Morgan fingerprint density at radius 3 is 2.23 bits per heavy atom. The Hall–Kier alpha value is -2.61. The van der Waals surface area contributed by atoms with Crippen molar-refractivity contribution in [1.29, 1.82) is 0 Å². The molecule has 0 saturated carbocycles. The van der Waals surface area contributed by atoms with Crippen molar-refractivity contribution in [2.24, 2.45) is 0 Å². The summed E-state index contributed by atoms with van der Waals surface area (Å²) in [4.78, 5) is 12.0. The van der Waals surface area contributed by atoms with E-state index in [0.29, 0.717) is 17.2 Å². The molecule has 0 aliphatic heterocycles. The van der Waals surface area contributed by atoms with E-state index in [1.165, 1.54) is 26.4 Å². The number of anilines is 1. The number of halogens is 4. The third kappa shape index (κ3) is 4.95. The van der Waals surface area contributed by atoms with Crippen LogP contribution < -0.4 is 19.5 Å². The van der Waals surface area contributed by atoms with Gasteiger partial charge in [-0.1, -0.05) is 11.6 Å². The van der Waals surface area contributed by atoms with Crippen LogP contribution in [-0.2, 0) is 11.0 Å². The number of carbonyl (C=O) groups is 1. The molecule has 26 heavy (non-hydrogen) atoms. The molecule has 0 aliphatic carbocycles. The van der Waals surface area contributed by atoms with Gasteiger partial charge in [0.1, 0.15) is 17.2 Å². The van der Waals surface area contributed by atoms with Gasteiger partial charge in [-0.05, 0) is 30.3 Å². The zero-order chi connectivity index (χ0) is 19.3. The first kappa shape index (κ1) is 19.7. The van der Waals surface area contributed by atoms with Crippen LogP contribution in [-0.4, -0.2) is 26.7 Å². The number of nitrogens with one attached hydrogen (secondary N) is 1. The predicted molar refractivity (Wildman–Crippen MR) is 90.1 cm³/mol. The van der Waals surface area contributed by atoms with Gasteiger partial charge in [0.2, 0.25) is 0 Å². The molecule has 2 aromatic carbocycles. The van der Waals surface area contributed by atoms with Crippen molar-refractivity contribution in [1.82, 2.24) is 0 Å². The Morgan fingerprint density at radius 1 is 1.08 bits per heavy atom. The lowest BCUT2D eigenvalue weighted by atomic mass is 10.2. The molecule has 0 aliphatic rings. The molecule has 0 bridgehead atoms. The Morgan fingerprint density at radius 2 is 1.69 bits per heavy atom. The molecule has 0 radical (unpaired) electrons. The van der Waals surface area contributed by atoms with E-state index < -0.39 is 24.3 Å². The number of rotatable bonds is 6. The van der Waals surface area contributed by atoms with Crippen molar-refractivity contribution in [2.45, 2.75) is 6.18 Å². The molecule has 9 heteroatoms. The van der Waals surface area contributed by atoms with E-state index in [-0.39, 0.29) is 10.8 Å². The molecule has 0 fully saturated rings. The smallest absolute Gasteiger partial charge is 0.416 e. The zero-order valence-corrected chi connectivity index (χ0v) is 14.6. The third-order valence-corrected chi connectivity index (χ3v) is 3.59. The van der Waals surface area contributed by atoms with E-state index in [0.717, 1.165) is 24.3 Å². The van der Waals surface area contributed by atoms with Crippen LogP contribution in [0.1, 0.15) is 5.56 Å². The molecule has 140 valence electrons. The predicted octanol–water partition coefficient (Wildman–Crippen LogP) is 4.39. The van der Waals surface area contributed by atoms with Crippen molar-refractivity contribution in [3.8, 4) is 17.2 Å². The Kier molecular flexibility index (Phi) is 6.20. The van der Waals surface area contributed by atoms with Gasteiger partial charge in [0, 0.05) is 6.07 Å². The molecule has 5 nitrogen and oxygen atoms in total. The molecule has 0 aromatic heterocycles. The first-order valence-electron chi connectivity index (χ1n) is 7.26. The normalized spacial score (nSPS) is 11.0. The van der Waals surface area contributed by atoms with E-state index in [1.54, 1.807) is 0 Å². The molecule has 0 heterocycles. The first-order chi connectivity index (χ1) is 12.2. The quantitative estimate of drug-likeness (QED) is 0.796. The number of benzene rings is 2. The molecule has 0 saturated heterocycles. The lowest BCUT2D eigenvalue weighted by Crippen LogP contribution is -2.20. The lowest BCUT2D eigenvalue weighted by molar-refractivity contribution is -0.137. The van der Waals surface area contributed by atoms with Crippen LogP contribution in [0.25, 0.3) is 0 Å². The second-order valence-corrected chi connectivity index (χ2v) is 5.45. The molecule has 2 aromatic rings. The molecule has 0 atom stereocenters. The summed E-state index contributed by atoms with van der Waals surface area (Å²) < 4.78 is 52.9. The number of methoxy groups -OCH3 is 2. The second-order valence-electron chi connectivity index (χ2n) is 5.05. The highest BCUT2D eigenvalue weighted by molar-refractivity contribution is 6.32. The summed E-state index contributed by atoms with van der Waals surface area (Å²) in [7, 11) is 2.86. The van der Waals surface area contributed by atoms with Gasteiger partial charge in [0.15, 0.2) is 6.61 Å². The monoisotopic (exact) mass is 389 g/mol. The van der Waals surface area contributed by atoms with Crippen LogP contribution in [0.15, 0.2) is 36.4 Å². The summed E-state index contributed by atoms with van der Waals surface area (Å²) in [6, 6.07) is 6.99. The fourth-order valence-electron chi connectivity index (χ4n) is 2.03. The van der Waals surface area contributed by atoms with Gasteiger partial charge < -0.3 is 19.5 Å². The molecular weight excluding hydrogens is 375 g/mol. The minimum absolute atomic E-state index is 0.132. The SMILES string of the molecule is COc1cc(OC)c(NC(=O)COc2ccc(C(F)(F)F)cc2)cc1Cl. The summed E-state index contributed by atoms with van der Waals surface area (Å²) in [6.45, 7) is -0.405. The summed E-state index contributed by atoms with van der Waals surface area (Å²) in [5.74, 6) is 0.300. The third-order valence-electron chi connectivity index (χ3n) is 3.30. The van der Waals surface area contributed by atoms with Gasteiger partial charge in [-0.2, -0.15) is 13.2 Å². The number of alkyl halides is 3. The molecular formula is C17H15ClF3NO4. The van der Waals surface area contributed by atoms with Gasteiger partial charge in [0.05, 0.1) is 30.5 Å². The summed E-state index contributed by atoms with van der Waals surface area (Å²) in [6.07, 6.45) is -4.43. The van der Waals surface area contributed by atoms with Crippen LogP contribution in [0, 0.1) is 0 Å². The van der Waals surface area contributed by atoms with E-state index in [4.69, 9.17) is 25.8 Å². The van der Waals surface area contributed by atoms with Crippen LogP contribution in [0.3, 0.4) is 0 Å². The topological polar surface area (TPSA) is 56.8 Å². The Balaban J connectivity index is 2.00. The van der Waals surface area contributed by atoms with Gasteiger partial charge >= 0.3 is 6.18 Å². The number of ether oxygens (including phenoxy) is 3. The minimum Gasteiger partial charge on any atom is -0.495 e. The van der Waals surface area contributed by atoms with Gasteiger partial charge in [0.25, 0.3) is 5.91 Å². The highest BCUT2D eigenvalue weighted by Crippen LogP contribution is 2.36. The fourth-order valence-corrected chi connectivity index (χ4v) is 2.27. The van der Waals surface area contributed by atoms with Crippen LogP contribution >= 0.6 is 11.6 Å². The highest BCUT2D eigenvalue weighted by atomic mass is 35.5. The maximum Gasteiger partial charge on any atom is 0.416 e. The van der Waals surface area contributed by atoms with Gasteiger partial charge in [-0.3, -0.25) is 4.79 Å². The first-order valence-corrected chi connectivity index (χ1v) is 7.64. The molecule has 0 spiro atoms. The number of amides is 1. The number of hydrogen-bond donors (Lipinski definition) is 1. The van der Waals surface area contributed by atoms with Crippen molar-refractivity contribution in [2.75, 3.05) is 26.1 Å². The zero-order valence-electron chi connectivity index (χ0n) is 13.8. The maximum atomic E-state index is 12.5. The summed E-state index contributed by atoms with van der Waals surface area (Å²) in [5, 5.41) is 2.82. The van der Waals surface area contributed by atoms with Crippen molar-refractivity contribution >= 4 is 23.2 Å². The van der Waals surface area contributed by atoms with Crippen molar-refractivity contribution in [3.05, 3.63) is 47.0 Å². The highest BCUT2D eigenvalue weighted by Gasteiger charge is 2.30. The minimum atomic E-state index is -4.43. The van der Waals surface area contributed by atoms with Crippen molar-refractivity contribution < 1.29 is 32.2 Å². The number of carbonyl (C=O) groups excluding carboxylic acids is 1. The van der Waals surface area contributed by atoms with Crippen molar-refractivity contribution in [3.63, 3.8) is 0 Å². The van der Waals surface area contributed by atoms with E-state index in [2.05, 4.69) is 5.32 Å². The van der Waals surface area contributed by atoms with E-state index in [1.807, 2.05) is 0 Å². The average Bonchev–Trinajstić information content (AvgIpc) is 2.60. The number of hydrogen-bond acceptors (Lipinski definition) is 4. The second kappa shape index (κ2) is 8.18. The summed E-state index contributed by atoms with van der Waals surface area (Å²) in [5.41, 5.74) is -0.494. The van der Waals surface area contributed by atoms with Crippen LogP contribution in [0.4, 0.5) is 18.9 Å². The van der Waals surface area contributed by atoms with Crippen LogP contribution in [0.2, 0.25) is 5.02 Å². The molecule has 0 unspecified atom stereocenters. The van der Waals surface area contributed by atoms with E-state index in [9.17, 15) is 18.0 Å². The average molecular weight is 390 g/mol. The van der Waals surface area contributed by atoms with Gasteiger partial charge in [-0.15, -0.1) is 0 Å².